The molecule has 1 heterocycles. The fourth-order valence-electron chi connectivity index (χ4n) is 4.24. The summed E-state index contributed by atoms with van der Waals surface area (Å²) in [5.74, 6) is 0. The molecule has 2 aliphatic rings. The number of rotatable bonds is 6. The molecule has 0 radical (unpaired) electrons. The third-order valence-electron chi connectivity index (χ3n) is 5.98. The van der Waals surface area contributed by atoms with Gasteiger partial charge in [0.2, 0.25) is 0 Å². The molecule has 0 saturated heterocycles. The molecule has 0 atom stereocenters. The van der Waals surface area contributed by atoms with Crippen molar-refractivity contribution < 1.29 is 0 Å². The lowest BCUT2D eigenvalue weighted by atomic mass is 9.90. The van der Waals surface area contributed by atoms with Crippen LogP contribution in [0.1, 0.15) is 53.6 Å². The quantitative estimate of drug-likeness (QED) is 0.674. The molecule has 3 aromatic rings. The van der Waals surface area contributed by atoms with E-state index < -0.39 is 0 Å². The first-order valence-corrected chi connectivity index (χ1v) is 10.6. The zero-order valence-electron chi connectivity index (χ0n) is 16.3. The van der Waals surface area contributed by atoms with E-state index in [0.29, 0.717) is 0 Å². The Balaban J connectivity index is 1.37. The maximum Gasteiger partial charge on any atom is 0.0709 e. The zero-order chi connectivity index (χ0) is 18.8. The molecule has 3 heteroatoms. The predicted molar refractivity (Wildman–Crippen MR) is 113 cm³/mol. The van der Waals surface area contributed by atoms with Crippen molar-refractivity contribution in [2.75, 3.05) is 0 Å². The van der Waals surface area contributed by atoms with Crippen molar-refractivity contribution in [1.82, 2.24) is 15.5 Å². The third kappa shape index (κ3) is 4.00. The number of nitrogens with zero attached hydrogens (tertiary/aromatic N) is 2. The van der Waals surface area contributed by atoms with E-state index in [4.69, 9.17) is 0 Å². The van der Waals surface area contributed by atoms with Crippen molar-refractivity contribution in [1.29, 1.82) is 0 Å². The number of aromatic nitrogens is 2. The Morgan fingerprint density at radius 1 is 0.893 bits per heavy atom. The topological polar surface area (TPSA) is 37.8 Å². The average molecular weight is 370 g/mol. The van der Waals surface area contributed by atoms with E-state index in [1.807, 2.05) is 6.20 Å². The number of nitrogens with one attached hydrogen (secondary N) is 1. The van der Waals surface area contributed by atoms with Gasteiger partial charge < -0.3 is 5.32 Å². The van der Waals surface area contributed by atoms with Crippen LogP contribution in [0.2, 0.25) is 0 Å². The van der Waals surface area contributed by atoms with E-state index in [0.717, 1.165) is 37.5 Å². The molecule has 1 N–H and O–H groups in total. The molecule has 0 aliphatic heterocycles. The van der Waals surface area contributed by atoms with Crippen molar-refractivity contribution in [3.63, 3.8) is 0 Å². The molecule has 142 valence electrons. The highest BCUT2D eigenvalue weighted by Crippen LogP contribution is 2.26. The molecule has 3 nitrogen and oxygen atoms in total. The van der Waals surface area contributed by atoms with Gasteiger partial charge in [-0.3, -0.25) is 0 Å². The van der Waals surface area contributed by atoms with Gasteiger partial charge in [0.1, 0.15) is 0 Å². The molecule has 2 aliphatic carbocycles. The summed E-state index contributed by atoms with van der Waals surface area (Å²) in [6, 6.07) is 18.6. The van der Waals surface area contributed by atoms with Gasteiger partial charge in [0.25, 0.3) is 0 Å². The first kappa shape index (κ1) is 17.6. The Kier molecular flexibility index (Phi) is 4.92. The number of fused-ring (bicyclic) bond motifs is 1. The molecule has 0 amide bonds. The van der Waals surface area contributed by atoms with Gasteiger partial charge in [-0.2, -0.15) is 10.2 Å². The maximum atomic E-state index is 4.49. The van der Waals surface area contributed by atoms with Crippen LogP contribution in [0.3, 0.4) is 0 Å². The van der Waals surface area contributed by atoms with E-state index in [1.54, 1.807) is 0 Å². The molecule has 1 fully saturated rings. The minimum atomic E-state index is 0.741. The summed E-state index contributed by atoms with van der Waals surface area (Å²) in [6.45, 7) is 0.962. The Bertz CT molecular complexity index is 975. The molecule has 0 bridgehead atoms. The summed E-state index contributed by atoms with van der Waals surface area (Å²) in [4.78, 5) is 0. The minimum Gasteiger partial charge on any atom is -0.310 e. The molecule has 28 heavy (non-hydrogen) atoms. The summed E-state index contributed by atoms with van der Waals surface area (Å²) in [6.07, 6.45) is 10.3. The largest absolute Gasteiger partial charge is 0.310 e. The molecular formula is C25H27N3. The van der Waals surface area contributed by atoms with Gasteiger partial charge in [-0.15, -0.1) is 0 Å². The standard InChI is InChI=1S/C25H27N3/c1-2-10-24-22(7-1)17-27-28-25(24)15-18-5-3-8-20(13-18)21-9-4-6-19(14-21)16-26-23-11-12-23/h3-6,8-9,13-14,17,23,26H,1-2,7,10-12,15-16H2. The SMILES string of the molecule is c1cc(CNC2CC2)cc(-c2cccc(Cc3nncc4c3CCCC4)c2)c1. The first-order chi connectivity index (χ1) is 13.8. The lowest BCUT2D eigenvalue weighted by Crippen LogP contribution is -2.15. The monoisotopic (exact) mass is 369 g/mol. The van der Waals surface area contributed by atoms with Gasteiger partial charge in [0.15, 0.2) is 0 Å². The normalized spacial score (nSPS) is 16.0. The van der Waals surface area contributed by atoms with Crippen LogP contribution in [0.15, 0.2) is 54.7 Å². The number of hydrogen-bond donors (Lipinski definition) is 1. The van der Waals surface area contributed by atoms with Crippen LogP contribution < -0.4 is 5.32 Å². The van der Waals surface area contributed by atoms with Crippen molar-refractivity contribution in [2.45, 2.75) is 57.5 Å². The molecule has 1 aromatic heterocycles. The van der Waals surface area contributed by atoms with E-state index in [1.165, 1.54) is 59.1 Å². The summed E-state index contributed by atoms with van der Waals surface area (Å²) < 4.78 is 0. The van der Waals surface area contributed by atoms with Gasteiger partial charge in [0.05, 0.1) is 11.9 Å². The van der Waals surface area contributed by atoms with Gasteiger partial charge in [-0.25, -0.2) is 0 Å². The first-order valence-electron chi connectivity index (χ1n) is 10.6. The number of benzene rings is 2. The summed E-state index contributed by atoms with van der Waals surface area (Å²) >= 11 is 0. The molecular weight excluding hydrogens is 342 g/mol. The smallest absolute Gasteiger partial charge is 0.0709 e. The van der Waals surface area contributed by atoms with Crippen molar-refractivity contribution in [3.8, 4) is 11.1 Å². The van der Waals surface area contributed by atoms with Crippen molar-refractivity contribution in [2.24, 2.45) is 0 Å². The molecule has 0 spiro atoms. The summed E-state index contributed by atoms with van der Waals surface area (Å²) in [5, 5.41) is 12.4. The van der Waals surface area contributed by atoms with Gasteiger partial charge in [-0.1, -0.05) is 42.5 Å². The Labute approximate surface area is 167 Å². The maximum absolute atomic E-state index is 4.49. The molecule has 2 aromatic carbocycles. The Morgan fingerprint density at radius 2 is 1.64 bits per heavy atom. The highest BCUT2D eigenvalue weighted by atomic mass is 15.1. The average Bonchev–Trinajstić information content (AvgIpc) is 3.58. The van der Waals surface area contributed by atoms with Crippen LogP contribution in [0.5, 0.6) is 0 Å². The second kappa shape index (κ2) is 7.84. The highest BCUT2D eigenvalue weighted by molar-refractivity contribution is 5.65. The number of aryl methyl sites for hydroxylation is 1. The van der Waals surface area contributed by atoms with Crippen LogP contribution in [0.4, 0.5) is 0 Å². The van der Waals surface area contributed by atoms with E-state index in [-0.39, 0.29) is 0 Å². The van der Waals surface area contributed by atoms with Crippen LogP contribution in [0, 0.1) is 0 Å². The third-order valence-corrected chi connectivity index (χ3v) is 5.98. The van der Waals surface area contributed by atoms with Gasteiger partial charge in [-0.05, 0) is 78.0 Å². The number of hydrogen-bond acceptors (Lipinski definition) is 3. The lowest BCUT2D eigenvalue weighted by molar-refractivity contribution is 0.663. The van der Waals surface area contributed by atoms with Crippen LogP contribution in [-0.2, 0) is 25.8 Å². The van der Waals surface area contributed by atoms with Gasteiger partial charge in [0, 0.05) is 19.0 Å². The van der Waals surface area contributed by atoms with Crippen molar-refractivity contribution in [3.05, 3.63) is 82.7 Å². The fraction of sp³-hybridized carbons (Fsp3) is 0.360. The lowest BCUT2D eigenvalue weighted by Gasteiger charge is -2.17. The molecule has 0 unspecified atom stereocenters. The van der Waals surface area contributed by atoms with Crippen LogP contribution in [0.25, 0.3) is 11.1 Å². The Morgan fingerprint density at radius 3 is 2.46 bits per heavy atom. The molecule has 1 saturated carbocycles. The fourth-order valence-corrected chi connectivity index (χ4v) is 4.24. The van der Waals surface area contributed by atoms with E-state index in [2.05, 4.69) is 64.0 Å². The second-order valence-electron chi connectivity index (χ2n) is 8.23. The van der Waals surface area contributed by atoms with Crippen LogP contribution >= 0.6 is 0 Å². The predicted octanol–water partition coefficient (Wildman–Crippen LogP) is 4.87. The second-order valence-corrected chi connectivity index (χ2v) is 8.23. The van der Waals surface area contributed by atoms with E-state index >= 15 is 0 Å². The van der Waals surface area contributed by atoms with Gasteiger partial charge >= 0.3 is 0 Å². The highest BCUT2D eigenvalue weighted by Gasteiger charge is 2.20. The van der Waals surface area contributed by atoms with Crippen molar-refractivity contribution >= 4 is 0 Å². The zero-order valence-corrected chi connectivity index (χ0v) is 16.3. The molecule has 5 rings (SSSR count). The summed E-state index contributed by atoms with van der Waals surface area (Å²) in [7, 11) is 0. The Hall–Kier alpha value is -2.52. The van der Waals surface area contributed by atoms with Crippen LogP contribution in [-0.4, -0.2) is 16.2 Å². The van der Waals surface area contributed by atoms with E-state index in [9.17, 15) is 0 Å². The summed E-state index contributed by atoms with van der Waals surface area (Å²) in [5.41, 5.74) is 9.26. The minimum absolute atomic E-state index is 0.741.